The largest absolute Gasteiger partial charge is 0.313 e. The number of aryl methyl sites for hydroxylation is 2. The average molecular weight is 294 g/mol. The van der Waals surface area contributed by atoms with Crippen molar-refractivity contribution in [2.75, 3.05) is 0 Å². The van der Waals surface area contributed by atoms with Gasteiger partial charge < -0.3 is 4.57 Å². The number of aromatic nitrogens is 5. The summed E-state index contributed by atoms with van der Waals surface area (Å²) in [5, 5.41) is 8.67. The van der Waals surface area contributed by atoms with E-state index < -0.39 is 0 Å². The van der Waals surface area contributed by atoms with Gasteiger partial charge in [-0.15, -0.1) is 10.2 Å². The lowest BCUT2D eigenvalue weighted by molar-refractivity contribution is 0.497. The Morgan fingerprint density at radius 1 is 1.30 bits per heavy atom. The quantitative estimate of drug-likeness (QED) is 0.803. The normalized spacial score (nSPS) is 14.3. The second kappa shape index (κ2) is 5.36. The summed E-state index contributed by atoms with van der Waals surface area (Å²) in [4.78, 5) is 16.3. The van der Waals surface area contributed by atoms with Gasteiger partial charge in [0, 0.05) is 25.5 Å². The van der Waals surface area contributed by atoms with Gasteiger partial charge >= 0.3 is 0 Å². The molecule has 0 atom stereocenters. The van der Waals surface area contributed by atoms with Crippen molar-refractivity contribution < 1.29 is 0 Å². The number of rotatable bonds is 3. The fraction of sp³-hybridized carbons (Fsp3) is 0.538. The highest BCUT2D eigenvalue weighted by Gasteiger charge is 2.17. The van der Waals surface area contributed by atoms with E-state index in [1.54, 1.807) is 4.57 Å². The fourth-order valence-corrected chi connectivity index (χ4v) is 2.78. The highest BCUT2D eigenvalue weighted by molar-refractivity contribution is 6.29. The van der Waals surface area contributed by atoms with Crippen LogP contribution < -0.4 is 5.56 Å². The third kappa shape index (κ3) is 2.35. The van der Waals surface area contributed by atoms with E-state index >= 15 is 0 Å². The lowest BCUT2D eigenvalue weighted by atomic mass is 10.2. The molecule has 0 N–H and O–H groups in total. The van der Waals surface area contributed by atoms with Crippen LogP contribution in [0.15, 0.2) is 10.9 Å². The van der Waals surface area contributed by atoms with Gasteiger partial charge in [0.25, 0.3) is 5.56 Å². The van der Waals surface area contributed by atoms with E-state index in [1.165, 1.54) is 6.07 Å². The molecule has 0 saturated carbocycles. The number of hydrogen-bond acceptors (Lipinski definition) is 4. The molecule has 0 saturated heterocycles. The molecular formula is C13H16ClN5O. The Kier molecular flexibility index (Phi) is 3.56. The Morgan fingerprint density at radius 3 is 2.95 bits per heavy atom. The minimum atomic E-state index is -0.144. The first-order chi connectivity index (χ1) is 9.69. The minimum Gasteiger partial charge on any atom is -0.313 e. The molecule has 0 spiro atoms. The van der Waals surface area contributed by atoms with Crippen LogP contribution in [0.3, 0.4) is 0 Å². The molecule has 0 aromatic carbocycles. The van der Waals surface area contributed by atoms with Crippen molar-refractivity contribution in [1.82, 2.24) is 24.3 Å². The Balaban J connectivity index is 1.99. The van der Waals surface area contributed by atoms with Crippen molar-refractivity contribution in [3.05, 3.63) is 39.0 Å². The van der Waals surface area contributed by atoms with Gasteiger partial charge in [-0.25, -0.2) is 4.98 Å². The van der Waals surface area contributed by atoms with Gasteiger partial charge in [0.1, 0.15) is 16.8 Å². The molecular weight excluding hydrogens is 278 g/mol. The summed E-state index contributed by atoms with van der Waals surface area (Å²) in [5.41, 5.74) is -0.144. The molecule has 0 unspecified atom stereocenters. The maximum absolute atomic E-state index is 12.1. The molecule has 20 heavy (non-hydrogen) atoms. The molecule has 2 aromatic rings. The Labute approximate surface area is 121 Å². The molecule has 6 nitrogen and oxygen atoms in total. The summed E-state index contributed by atoms with van der Waals surface area (Å²) in [6, 6.07) is 1.34. The summed E-state index contributed by atoms with van der Waals surface area (Å²) >= 11 is 5.84. The van der Waals surface area contributed by atoms with Crippen molar-refractivity contribution in [2.45, 2.75) is 45.7 Å². The smallest absolute Gasteiger partial charge is 0.255 e. The highest BCUT2D eigenvalue weighted by atomic mass is 35.5. The van der Waals surface area contributed by atoms with E-state index in [2.05, 4.69) is 19.7 Å². The van der Waals surface area contributed by atoms with E-state index in [9.17, 15) is 4.79 Å². The molecule has 7 heteroatoms. The lowest BCUT2D eigenvalue weighted by Gasteiger charge is -2.16. The van der Waals surface area contributed by atoms with Crippen LogP contribution >= 0.6 is 11.6 Å². The second-order valence-electron chi connectivity index (χ2n) is 4.91. The van der Waals surface area contributed by atoms with E-state index in [0.29, 0.717) is 18.8 Å². The highest BCUT2D eigenvalue weighted by Crippen LogP contribution is 2.15. The first kappa shape index (κ1) is 13.3. The van der Waals surface area contributed by atoms with E-state index in [-0.39, 0.29) is 10.7 Å². The molecule has 106 valence electrons. The summed E-state index contributed by atoms with van der Waals surface area (Å²) in [6.07, 6.45) is 3.89. The van der Waals surface area contributed by atoms with Crippen molar-refractivity contribution in [1.29, 1.82) is 0 Å². The molecule has 0 radical (unpaired) electrons. The Hall–Kier alpha value is -1.69. The summed E-state index contributed by atoms with van der Waals surface area (Å²) in [7, 11) is 0. The van der Waals surface area contributed by atoms with Crippen molar-refractivity contribution in [3.8, 4) is 0 Å². The van der Waals surface area contributed by atoms with Gasteiger partial charge in [-0.1, -0.05) is 18.5 Å². The van der Waals surface area contributed by atoms with E-state index in [0.717, 1.165) is 37.5 Å². The zero-order chi connectivity index (χ0) is 14.1. The Bertz CT molecular complexity index is 691. The van der Waals surface area contributed by atoms with Crippen molar-refractivity contribution in [2.24, 2.45) is 0 Å². The SMILES string of the molecule is CCc1nc(Cl)cc(=O)n1Cc1nnc2n1CCCC2. The number of hydrogen-bond donors (Lipinski definition) is 0. The zero-order valence-electron chi connectivity index (χ0n) is 11.3. The standard InChI is InChI=1S/C13H16ClN5O/c1-2-10-15-9(14)7-13(20)19(10)8-12-17-16-11-5-3-4-6-18(11)12/h7H,2-6,8H2,1H3. The molecule has 3 heterocycles. The maximum Gasteiger partial charge on any atom is 0.255 e. The zero-order valence-corrected chi connectivity index (χ0v) is 12.1. The molecule has 2 aromatic heterocycles. The van der Waals surface area contributed by atoms with Crippen LogP contribution in [0.4, 0.5) is 0 Å². The summed E-state index contributed by atoms with van der Waals surface area (Å²) in [6.45, 7) is 3.28. The number of nitrogens with zero attached hydrogens (tertiary/aromatic N) is 5. The topological polar surface area (TPSA) is 65.6 Å². The molecule has 0 amide bonds. The van der Waals surface area contributed by atoms with Gasteiger partial charge in [-0.05, 0) is 12.8 Å². The van der Waals surface area contributed by atoms with Crippen molar-refractivity contribution >= 4 is 11.6 Å². The first-order valence-corrected chi connectivity index (χ1v) is 7.24. The lowest BCUT2D eigenvalue weighted by Crippen LogP contribution is -2.26. The molecule has 1 aliphatic rings. The third-order valence-electron chi connectivity index (χ3n) is 3.61. The second-order valence-corrected chi connectivity index (χ2v) is 5.30. The van der Waals surface area contributed by atoms with Crippen LogP contribution in [0.1, 0.15) is 37.2 Å². The van der Waals surface area contributed by atoms with Crippen LogP contribution in [-0.2, 0) is 25.9 Å². The predicted octanol–water partition coefficient (Wildman–Crippen LogP) is 1.44. The van der Waals surface area contributed by atoms with Gasteiger partial charge in [0.05, 0.1) is 6.54 Å². The van der Waals surface area contributed by atoms with Gasteiger partial charge in [0.15, 0.2) is 5.82 Å². The van der Waals surface area contributed by atoms with Crippen LogP contribution in [0, 0.1) is 0 Å². The summed E-state index contributed by atoms with van der Waals surface area (Å²) in [5.74, 6) is 2.51. The number of fused-ring (bicyclic) bond motifs is 1. The predicted molar refractivity (Wildman–Crippen MR) is 74.9 cm³/mol. The molecule has 0 fully saturated rings. The van der Waals surface area contributed by atoms with Gasteiger partial charge in [-0.2, -0.15) is 0 Å². The fourth-order valence-electron chi connectivity index (χ4n) is 2.59. The minimum absolute atomic E-state index is 0.144. The molecule has 1 aliphatic heterocycles. The van der Waals surface area contributed by atoms with E-state index in [4.69, 9.17) is 11.6 Å². The van der Waals surface area contributed by atoms with Crippen LogP contribution in [0.5, 0.6) is 0 Å². The number of halogens is 1. The molecule has 0 bridgehead atoms. The molecule has 3 rings (SSSR count). The van der Waals surface area contributed by atoms with Crippen molar-refractivity contribution in [3.63, 3.8) is 0 Å². The van der Waals surface area contributed by atoms with Gasteiger partial charge in [0.2, 0.25) is 0 Å². The van der Waals surface area contributed by atoms with Crippen LogP contribution in [-0.4, -0.2) is 24.3 Å². The monoisotopic (exact) mass is 293 g/mol. The third-order valence-corrected chi connectivity index (χ3v) is 3.80. The van der Waals surface area contributed by atoms with E-state index in [1.807, 2.05) is 6.92 Å². The van der Waals surface area contributed by atoms with Crippen LogP contribution in [0.25, 0.3) is 0 Å². The van der Waals surface area contributed by atoms with Gasteiger partial charge in [-0.3, -0.25) is 9.36 Å². The average Bonchev–Trinajstić information content (AvgIpc) is 2.85. The first-order valence-electron chi connectivity index (χ1n) is 6.86. The maximum atomic E-state index is 12.1. The summed E-state index contributed by atoms with van der Waals surface area (Å²) < 4.78 is 3.74. The van der Waals surface area contributed by atoms with Crippen LogP contribution in [0.2, 0.25) is 5.15 Å². The molecule has 0 aliphatic carbocycles. The Morgan fingerprint density at radius 2 is 2.15 bits per heavy atom.